The van der Waals surface area contributed by atoms with E-state index < -0.39 is 0 Å². The van der Waals surface area contributed by atoms with Crippen molar-refractivity contribution in [3.8, 4) is 0 Å². The van der Waals surface area contributed by atoms with Crippen LogP contribution in [0, 0.1) is 12.8 Å². The van der Waals surface area contributed by atoms with Crippen LogP contribution in [0.25, 0.3) is 0 Å². The minimum absolute atomic E-state index is 0.135. The minimum Gasteiger partial charge on any atom is -0.397 e. The second-order valence-electron chi connectivity index (χ2n) is 6.72. The number of nitrogens with one attached hydrogen (secondary N) is 1. The summed E-state index contributed by atoms with van der Waals surface area (Å²) in [5.74, 6) is 0.650. The van der Waals surface area contributed by atoms with Gasteiger partial charge in [0.2, 0.25) is 0 Å². The van der Waals surface area contributed by atoms with E-state index in [1.54, 1.807) is 12.1 Å². The van der Waals surface area contributed by atoms with Gasteiger partial charge in [0.15, 0.2) is 0 Å². The molecule has 1 aliphatic heterocycles. The molecule has 24 heavy (non-hydrogen) atoms. The van der Waals surface area contributed by atoms with Crippen LogP contribution < -0.4 is 16.0 Å². The third-order valence-corrected chi connectivity index (χ3v) is 4.78. The predicted molar refractivity (Wildman–Crippen MR) is 101 cm³/mol. The van der Waals surface area contributed by atoms with Crippen molar-refractivity contribution in [1.82, 2.24) is 0 Å². The van der Waals surface area contributed by atoms with E-state index in [0.29, 0.717) is 16.9 Å². The first kappa shape index (κ1) is 16.4. The highest BCUT2D eigenvalue weighted by Crippen LogP contribution is 2.32. The molecule has 0 spiro atoms. The molecule has 0 radical (unpaired) electrons. The smallest absolute Gasteiger partial charge is 0.255 e. The standard InChI is InChI=1S/C20H25N3O/c1-14-8-10-23(11-9-14)19-13-18(17(21)12-15(19)2)22-20(24)16-6-4-3-5-7-16/h3-7,12-14H,8-11,21H2,1-2H3,(H,22,24). The molecular formula is C20H25N3O. The molecule has 3 rings (SSSR count). The number of nitrogens with zero attached hydrogens (tertiary/aromatic N) is 1. The summed E-state index contributed by atoms with van der Waals surface area (Å²) in [4.78, 5) is 14.8. The van der Waals surface area contributed by atoms with E-state index in [1.165, 1.54) is 18.5 Å². The summed E-state index contributed by atoms with van der Waals surface area (Å²) in [5, 5.41) is 2.95. The lowest BCUT2D eigenvalue weighted by Gasteiger charge is -2.33. The summed E-state index contributed by atoms with van der Waals surface area (Å²) in [6.45, 7) is 6.49. The van der Waals surface area contributed by atoms with Crippen LogP contribution in [0.3, 0.4) is 0 Å². The maximum absolute atomic E-state index is 12.4. The first-order valence-corrected chi connectivity index (χ1v) is 8.56. The molecule has 1 fully saturated rings. The van der Waals surface area contributed by atoms with Crippen molar-refractivity contribution < 1.29 is 4.79 Å². The van der Waals surface area contributed by atoms with E-state index in [4.69, 9.17) is 5.73 Å². The summed E-state index contributed by atoms with van der Waals surface area (Å²) < 4.78 is 0. The number of carbonyl (C=O) groups excluding carboxylic acids is 1. The van der Waals surface area contributed by atoms with Gasteiger partial charge in [-0.2, -0.15) is 0 Å². The van der Waals surface area contributed by atoms with E-state index in [-0.39, 0.29) is 5.91 Å². The molecule has 0 atom stereocenters. The van der Waals surface area contributed by atoms with E-state index in [0.717, 1.165) is 24.6 Å². The number of rotatable bonds is 3. The summed E-state index contributed by atoms with van der Waals surface area (Å²) in [6.07, 6.45) is 2.41. The molecule has 0 aliphatic carbocycles. The van der Waals surface area contributed by atoms with Crippen LogP contribution in [0.15, 0.2) is 42.5 Å². The van der Waals surface area contributed by atoms with Gasteiger partial charge in [0.1, 0.15) is 0 Å². The lowest BCUT2D eigenvalue weighted by atomic mass is 9.98. The molecule has 1 heterocycles. The highest BCUT2D eigenvalue weighted by molar-refractivity contribution is 6.06. The molecule has 0 bridgehead atoms. The largest absolute Gasteiger partial charge is 0.397 e. The summed E-state index contributed by atoms with van der Waals surface area (Å²) >= 11 is 0. The Bertz CT molecular complexity index is 719. The van der Waals surface area contributed by atoms with Gasteiger partial charge in [-0.3, -0.25) is 4.79 Å². The molecule has 1 aliphatic rings. The van der Waals surface area contributed by atoms with E-state index in [9.17, 15) is 4.79 Å². The second kappa shape index (κ2) is 6.95. The average molecular weight is 323 g/mol. The Balaban J connectivity index is 1.83. The molecule has 4 heteroatoms. The number of carbonyl (C=O) groups is 1. The number of piperidine rings is 1. The van der Waals surface area contributed by atoms with Crippen molar-refractivity contribution in [2.24, 2.45) is 5.92 Å². The number of benzene rings is 2. The lowest BCUT2D eigenvalue weighted by Crippen LogP contribution is -2.33. The zero-order valence-corrected chi connectivity index (χ0v) is 14.4. The first-order valence-electron chi connectivity index (χ1n) is 8.56. The van der Waals surface area contributed by atoms with Crippen molar-refractivity contribution in [2.45, 2.75) is 26.7 Å². The van der Waals surface area contributed by atoms with Crippen molar-refractivity contribution in [3.63, 3.8) is 0 Å². The molecule has 126 valence electrons. The predicted octanol–water partition coefficient (Wildman–Crippen LogP) is 4.07. The van der Waals surface area contributed by atoms with Gasteiger partial charge in [-0.1, -0.05) is 25.1 Å². The zero-order valence-electron chi connectivity index (χ0n) is 14.4. The van der Waals surface area contributed by atoms with Crippen molar-refractivity contribution in [2.75, 3.05) is 29.0 Å². The monoisotopic (exact) mass is 323 g/mol. The molecule has 0 unspecified atom stereocenters. The third-order valence-electron chi connectivity index (χ3n) is 4.78. The van der Waals surface area contributed by atoms with Gasteiger partial charge in [-0.15, -0.1) is 0 Å². The summed E-state index contributed by atoms with van der Waals surface area (Å²) in [5.41, 5.74) is 10.4. The Labute approximate surface area is 143 Å². The Morgan fingerprint density at radius 3 is 2.50 bits per heavy atom. The number of nitrogens with two attached hydrogens (primary N) is 1. The molecule has 4 nitrogen and oxygen atoms in total. The maximum atomic E-state index is 12.4. The summed E-state index contributed by atoms with van der Waals surface area (Å²) in [7, 11) is 0. The minimum atomic E-state index is -0.135. The van der Waals surface area contributed by atoms with E-state index >= 15 is 0 Å². The fourth-order valence-electron chi connectivity index (χ4n) is 3.20. The molecule has 0 saturated carbocycles. The maximum Gasteiger partial charge on any atom is 0.255 e. The molecule has 3 N–H and O–H groups in total. The van der Waals surface area contributed by atoms with Gasteiger partial charge in [0.05, 0.1) is 11.4 Å². The number of anilines is 3. The highest BCUT2D eigenvalue weighted by atomic mass is 16.1. The topological polar surface area (TPSA) is 58.4 Å². The molecule has 1 amide bonds. The van der Waals surface area contributed by atoms with Gasteiger partial charge in [-0.05, 0) is 55.5 Å². The van der Waals surface area contributed by atoms with Crippen LogP contribution in [-0.2, 0) is 0 Å². The molecule has 2 aromatic rings. The fraction of sp³-hybridized carbons (Fsp3) is 0.350. The Morgan fingerprint density at radius 2 is 1.83 bits per heavy atom. The van der Waals surface area contributed by atoms with Gasteiger partial charge < -0.3 is 16.0 Å². The fourth-order valence-corrected chi connectivity index (χ4v) is 3.20. The summed E-state index contributed by atoms with van der Waals surface area (Å²) in [6, 6.07) is 13.2. The van der Waals surface area contributed by atoms with Crippen LogP contribution in [0.2, 0.25) is 0 Å². The van der Waals surface area contributed by atoms with Gasteiger partial charge in [0, 0.05) is 24.3 Å². The SMILES string of the molecule is Cc1cc(N)c(NC(=O)c2ccccc2)cc1N1CCC(C)CC1. The number of hydrogen-bond donors (Lipinski definition) is 2. The van der Waals surface area contributed by atoms with Gasteiger partial charge in [0.25, 0.3) is 5.91 Å². The molecule has 2 aromatic carbocycles. The quantitative estimate of drug-likeness (QED) is 0.837. The number of amides is 1. The van der Waals surface area contributed by atoms with E-state index in [1.807, 2.05) is 30.3 Å². The Morgan fingerprint density at radius 1 is 1.17 bits per heavy atom. The Kier molecular flexibility index (Phi) is 4.74. The molecular weight excluding hydrogens is 298 g/mol. The zero-order chi connectivity index (χ0) is 17.1. The van der Waals surface area contributed by atoms with E-state index in [2.05, 4.69) is 24.1 Å². The number of hydrogen-bond acceptors (Lipinski definition) is 3. The highest BCUT2D eigenvalue weighted by Gasteiger charge is 2.19. The van der Waals surface area contributed by atoms with Crippen molar-refractivity contribution >= 4 is 23.0 Å². The second-order valence-corrected chi connectivity index (χ2v) is 6.72. The van der Waals surface area contributed by atoms with Crippen LogP contribution in [-0.4, -0.2) is 19.0 Å². The Hall–Kier alpha value is -2.49. The number of aryl methyl sites for hydroxylation is 1. The van der Waals surface area contributed by atoms with Crippen LogP contribution in [0.5, 0.6) is 0 Å². The van der Waals surface area contributed by atoms with Crippen LogP contribution >= 0.6 is 0 Å². The van der Waals surface area contributed by atoms with Crippen molar-refractivity contribution in [3.05, 3.63) is 53.6 Å². The molecule has 0 aromatic heterocycles. The van der Waals surface area contributed by atoms with Gasteiger partial charge in [-0.25, -0.2) is 0 Å². The molecule has 1 saturated heterocycles. The normalized spacial score (nSPS) is 15.3. The van der Waals surface area contributed by atoms with Crippen LogP contribution in [0.4, 0.5) is 17.1 Å². The average Bonchev–Trinajstić information content (AvgIpc) is 2.59. The van der Waals surface area contributed by atoms with Gasteiger partial charge >= 0.3 is 0 Å². The van der Waals surface area contributed by atoms with Crippen molar-refractivity contribution in [1.29, 1.82) is 0 Å². The third kappa shape index (κ3) is 3.53. The van der Waals surface area contributed by atoms with Crippen LogP contribution in [0.1, 0.15) is 35.7 Å². The number of nitrogen functional groups attached to an aromatic ring is 1. The first-order chi connectivity index (χ1) is 11.5. The lowest BCUT2D eigenvalue weighted by molar-refractivity contribution is 0.102.